The van der Waals surface area contributed by atoms with Gasteiger partial charge in [0.25, 0.3) is 21.5 Å². The zero-order valence-corrected chi connectivity index (χ0v) is 36.3. The number of ether oxygens (including phenoxy) is 1. The van der Waals surface area contributed by atoms with E-state index in [0.717, 1.165) is 44.4 Å². The van der Waals surface area contributed by atoms with E-state index >= 15 is 0 Å². The van der Waals surface area contributed by atoms with Gasteiger partial charge >= 0.3 is 11.3 Å². The van der Waals surface area contributed by atoms with Crippen molar-refractivity contribution in [2.75, 3.05) is 10.6 Å². The van der Waals surface area contributed by atoms with E-state index in [0.29, 0.717) is 22.7 Å². The lowest BCUT2D eigenvalue weighted by Crippen LogP contribution is -2.21. The van der Waals surface area contributed by atoms with Gasteiger partial charge in [-0.3, -0.25) is 0 Å². The molecule has 0 saturated heterocycles. The van der Waals surface area contributed by atoms with Crippen LogP contribution in [0.2, 0.25) is 0 Å². The van der Waals surface area contributed by atoms with Crippen molar-refractivity contribution in [3.05, 3.63) is 210 Å². The van der Waals surface area contributed by atoms with Crippen LogP contribution in [0.4, 0.5) is 11.4 Å². The Kier molecular flexibility index (Phi) is 10.8. The SMILES string of the molecule is Cc1ccc(C(Nc2ccc(Oc3ccc(NC(c4ccc(C)cc4)n4nc(-c5cc6ccccc6oc5=O)oc4=S)cc3)cc2)n2nc(-c3cc4ccccc4oc3=O)oc2=S)cc1. The Bertz CT molecular complexity index is 3350. The Balaban J connectivity index is 0.875. The van der Waals surface area contributed by atoms with Crippen LogP contribution in [-0.4, -0.2) is 19.6 Å². The normalized spacial score (nSPS) is 12.3. The number of aromatic nitrogens is 4. The smallest absolute Gasteiger partial charge is 0.349 e. The summed E-state index contributed by atoms with van der Waals surface area (Å²) < 4.78 is 32.2. The molecule has 13 nitrogen and oxygen atoms in total. The van der Waals surface area contributed by atoms with Crippen molar-refractivity contribution in [2.24, 2.45) is 0 Å². The average molecular weight is 897 g/mol. The van der Waals surface area contributed by atoms with Gasteiger partial charge in [-0.05, 0) is 122 Å². The summed E-state index contributed by atoms with van der Waals surface area (Å²) in [6, 6.07) is 48.7. The van der Waals surface area contributed by atoms with E-state index in [2.05, 4.69) is 20.8 Å². The Labute approximate surface area is 379 Å². The zero-order chi connectivity index (χ0) is 44.6. The monoisotopic (exact) mass is 896 g/mol. The first kappa shape index (κ1) is 40.9. The lowest BCUT2D eigenvalue weighted by Gasteiger charge is -2.21. The van der Waals surface area contributed by atoms with Crippen molar-refractivity contribution in [1.82, 2.24) is 19.6 Å². The molecule has 0 fully saturated rings. The fourth-order valence-electron chi connectivity index (χ4n) is 7.30. The summed E-state index contributed by atoms with van der Waals surface area (Å²) in [5.74, 6) is 1.30. The minimum Gasteiger partial charge on any atom is -0.457 e. The molecule has 0 bridgehead atoms. The van der Waals surface area contributed by atoms with Crippen LogP contribution in [0, 0.1) is 23.5 Å². The van der Waals surface area contributed by atoms with E-state index in [9.17, 15) is 9.59 Å². The molecule has 0 aliphatic heterocycles. The number of hydrogen-bond acceptors (Lipinski definition) is 13. The molecule has 0 spiro atoms. The highest BCUT2D eigenvalue weighted by Gasteiger charge is 2.24. The lowest BCUT2D eigenvalue weighted by atomic mass is 10.1. The van der Waals surface area contributed by atoms with Crippen LogP contribution in [-0.2, 0) is 0 Å². The maximum absolute atomic E-state index is 13.0. The van der Waals surface area contributed by atoms with Crippen LogP contribution in [0.3, 0.4) is 0 Å². The molecular formula is C50H36N6O7S2. The van der Waals surface area contributed by atoms with Crippen molar-refractivity contribution < 1.29 is 22.4 Å². The predicted molar refractivity (Wildman–Crippen MR) is 252 cm³/mol. The summed E-state index contributed by atoms with van der Waals surface area (Å²) in [6.07, 6.45) is -1.19. The largest absolute Gasteiger partial charge is 0.457 e. The number of benzene rings is 6. The van der Waals surface area contributed by atoms with E-state index in [1.54, 1.807) is 36.4 Å². The molecule has 65 heavy (non-hydrogen) atoms. The van der Waals surface area contributed by atoms with E-state index < -0.39 is 23.6 Å². The molecule has 320 valence electrons. The molecule has 2 N–H and O–H groups in total. The van der Waals surface area contributed by atoms with E-state index in [-0.39, 0.29) is 32.6 Å². The van der Waals surface area contributed by atoms with Crippen LogP contribution in [0.1, 0.15) is 34.6 Å². The summed E-state index contributed by atoms with van der Waals surface area (Å²) in [5.41, 5.74) is 5.48. The maximum Gasteiger partial charge on any atom is 0.349 e. The fourth-order valence-corrected chi connectivity index (χ4v) is 7.75. The number of nitrogens with zero attached hydrogens (tertiary/aromatic N) is 4. The Morgan fingerprint density at radius 2 is 0.892 bits per heavy atom. The van der Waals surface area contributed by atoms with Crippen molar-refractivity contribution in [3.63, 3.8) is 0 Å². The molecule has 15 heteroatoms. The second-order valence-corrected chi connectivity index (χ2v) is 16.0. The van der Waals surface area contributed by atoms with E-state index in [1.807, 2.05) is 135 Å². The molecule has 10 rings (SSSR count). The molecule has 4 aromatic heterocycles. The van der Waals surface area contributed by atoms with E-state index in [1.165, 1.54) is 9.36 Å². The summed E-state index contributed by atoms with van der Waals surface area (Å²) in [5, 5.41) is 17.8. The Morgan fingerprint density at radius 1 is 0.508 bits per heavy atom. The number of nitrogens with one attached hydrogen (secondary N) is 2. The third-order valence-electron chi connectivity index (χ3n) is 10.7. The average Bonchev–Trinajstić information content (AvgIpc) is 3.90. The highest BCUT2D eigenvalue weighted by Crippen LogP contribution is 2.31. The summed E-state index contributed by atoms with van der Waals surface area (Å²) >= 11 is 11.3. The third kappa shape index (κ3) is 8.53. The van der Waals surface area contributed by atoms with Crippen LogP contribution in [0.15, 0.2) is 185 Å². The van der Waals surface area contributed by atoms with Crippen LogP contribution in [0.5, 0.6) is 11.5 Å². The standard InChI is InChI=1S/C50H36N6O7S2/c1-29-11-15-31(16-12-29)43(55-49(64)62-45(53-55)39-27-33-7-3-5-9-41(33)60-47(39)57)51-35-19-23-37(24-20-35)59-38-25-21-36(22-26-38)52-44(32-17-13-30(2)14-18-32)56-50(65)63-46(54-56)40-28-34-8-4-6-10-42(34)61-48(40)58/h3-28,43-44,51-52H,1-2H3. The van der Waals surface area contributed by atoms with Crippen molar-refractivity contribution in [1.29, 1.82) is 0 Å². The first-order chi connectivity index (χ1) is 31.6. The van der Waals surface area contributed by atoms with E-state index in [4.69, 9.17) is 46.8 Å². The molecule has 2 atom stereocenters. The predicted octanol–water partition coefficient (Wildman–Crippen LogP) is 12.0. The van der Waals surface area contributed by atoms with Gasteiger partial charge in [0.1, 0.15) is 33.8 Å². The summed E-state index contributed by atoms with van der Waals surface area (Å²) in [4.78, 5) is 26.1. The van der Waals surface area contributed by atoms with Crippen molar-refractivity contribution in [2.45, 2.75) is 26.2 Å². The van der Waals surface area contributed by atoms with Crippen LogP contribution < -0.4 is 26.6 Å². The molecule has 0 aliphatic rings. The molecule has 0 aliphatic carbocycles. The Hall–Kier alpha value is -8.14. The Morgan fingerprint density at radius 3 is 1.29 bits per heavy atom. The molecule has 10 aromatic rings. The second-order valence-electron chi connectivity index (χ2n) is 15.3. The van der Waals surface area contributed by atoms with Gasteiger partial charge in [-0.2, -0.15) is 9.36 Å². The summed E-state index contributed by atoms with van der Waals surface area (Å²) in [7, 11) is 0. The first-order valence-corrected chi connectivity index (χ1v) is 21.2. The molecule has 4 heterocycles. The number of para-hydroxylation sites is 2. The van der Waals surface area contributed by atoms with Crippen LogP contribution >= 0.6 is 24.4 Å². The van der Waals surface area contributed by atoms with Crippen molar-refractivity contribution in [3.8, 4) is 34.4 Å². The van der Waals surface area contributed by atoms with Crippen molar-refractivity contribution >= 4 is 57.7 Å². The highest BCUT2D eigenvalue weighted by molar-refractivity contribution is 7.71. The number of fused-ring (bicyclic) bond motifs is 2. The molecule has 2 unspecified atom stereocenters. The highest BCUT2D eigenvalue weighted by atomic mass is 32.1. The molecule has 6 aromatic carbocycles. The quantitative estimate of drug-likeness (QED) is 0.0883. The number of hydrogen-bond donors (Lipinski definition) is 2. The number of rotatable bonds is 12. The van der Waals surface area contributed by atoms with Gasteiger partial charge in [-0.15, -0.1) is 10.2 Å². The molecule has 0 radical (unpaired) electrons. The minimum atomic E-state index is -0.597. The van der Waals surface area contributed by atoms with Gasteiger partial charge in [0, 0.05) is 22.1 Å². The van der Waals surface area contributed by atoms with Gasteiger partial charge in [0.15, 0.2) is 12.3 Å². The minimum absolute atomic E-state index is 0.0489. The molecule has 0 amide bonds. The zero-order valence-electron chi connectivity index (χ0n) is 34.6. The van der Waals surface area contributed by atoms with Gasteiger partial charge < -0.3 is 33.0 Å². The number of anilines is 2. The topological polar surface area (TPSA) is 156 Å². The van der Waals surface area contributed by atoms with Gasteiger partial charge in [0.05, 0.1) is 0 Å². The second kappa shape index (κ2) is 17.2. The van der Waals surface area contributed by atoms with Gasteiger partial charge in [-0.25, -0.2) is 9.59 Å². The molecule has 0 saturated carbocycles. The fraction of sp³-hybridized carbons (Fsp3) is 0.0800. The van der Waals surface area contributed by atoms with Crippen LogP contribution in [0.25, 0.3) is 44.8 Å². The number of aryl methyl sites for hydroxylation is 2. The van der Waals surface area contributed by atoms with Gasteiger partial charge in [-0.1, -0.05) is 96.1 Å². The van der Waals surface area contributed by atoms with Gasteiger partial charge in [0.2, 0.25) is 0 Å². The third-order valence-corrected chi connectivity index (χ3v) is 11.3. The lowest BCUT2D eigenvalue weighted by molar-refractivity contribution is 0.482. The summed E-state index contributed by atoms with van der Waals surface area (Å²) in [6.45, 7) is 4.02. The molecular weight excluding hydrogens is 861 g/mol. The maximum atomic E-state index is 13.0. The first-order valence-electron chi connectivity index (χ1n) is 20.4.